The van der Waals surface area contributed by atoms with Crippen LogP contribution in [0.3, 0.4) is 0 Å². The summed E-state index contributed by atoms with van der Waals surface area (Å²) in [5.41, 5.74) is 0.873. The highest BCUT2D eigenvalue weighted by Crippen LogP contribution is 2.39. The van der Waals surface area contributed by atoms with Crippen LogP contribution in [-0.2, 0) is 6.42 Å². The number of allylic oxidation sites excluding steroid dienone is 1. The van der Waals surface area contributed by atoms with Gasteiger partial charge in [0.05, 0.1) is 0 Å². The Labute approximate surface area is 154 Å². The molecule has 0 radical (unpaired) electrons. The second-order valence-electron chi connectivity index (χ2n) is 7.52. The summed E-state index contributed by atoms with van der Waals surface area (Å²) in [5.74, 6) is -2.28. The van der Waals surface area contributed by atoms with E-state index in [1.807, 2.05) is 12.1 Å². The smallest absolute Gasteiger partial charge is 0.165 e. The number of hydrogen-bond donors (Lipinski definition) is 0. The molecule has 0 atom stereocenters. The van der Waals surface area contributed by atoms with Crippen LogP contribution in [0.25, 0.3) is 16.6 Å². The molecule has 1 saturated carbocycles. The summed E-state index contributed by atoms with van der Waals surface area (Å²) >= 11 is 0. The minimum atomic E-state index is -1.03. The zero-order chi connectivity index (χ0) is 18.7. The van der Waals surface area contributed by atoms with E-state index in [0.29, 0.717) is 24.1 Å². The molecule has 0 spiro atoms. The molecule has 140 valence electrons. The van der Waals surface area contributed by atoms with Crippen molar-refractivity contribution in [3.05, 3.63) is 53.1 Å². The van der Waals surface area contributed by atoms with E-state index >= 15 is 0 Å². The third-order valence-electron chi connectivity index (χ3n) is 5.79. The van der Waals surface area contributed by atoms with E-state index in [2.05, 4.69) is 13.8 Å². The van der Waals surface area contributed by atoms with Crippen molar-refractivity contribution in [3.8, 4) is 0 Å². The largest absolute Gasteiger partial charge is 0.208 e. The van der Waals surface area contributed by atoms with Gasteiger partial charge in [0.25, 0.3) is 0 Å². The Balaban J connectivity index is 1.91. The maximum atomic E-state index is 14.8. The van der Waals surface area contributed by atoms with E-state index in [-0.39, 0.29) is 5.56 Å². The Morgan fingerprint density at radius 1 is 1.00 bits per heavy atom. The Morgan fingerprint density at radius 2 is 1.73 bits per heavy atom. The van der Waals surface area contributed by atoms with Crippen LogP contribution in [0.2, 0.25) is 0 Å². The zero-order valence-electron chi connectivity index (χ0n) is 15.6. The topological polar surface area (TPSA) is 0 Å². The fraction of sp³-hybridized carbons (Fsp3) is 0.478. The molecule has 0 amide bonds. The van der Waals surface area contributed by atoms with Gasteiger partial charge in [-0.1, -0.05) is 51.0 Å². The summed E-state index contributed by atoms with van der Waals surface area (Å²) in [4.78, 5) is 0. The van der Waals surface area contributed by atoms with Gasteiger partial charge in [-0.25, -0.2) is 13.2 Å². The predicted octanol–water partition coefficient (Wildman–Crippen LogP) is 7.76. The quantitative estimate of drug-likeness (QED) is 0.511. The molecule has 0 nitrogen and oxygen atoms in total. The van der Waals surface area contributed by atoms with Crippen molar-refractivity contribution in [2.45, 2.75) is 58.8 Å². The third-order valence-corrected chi connectivity index (χ3v) is 5.79. The number of rotatable bonds is 5. The van der Waals surface area contributed by atoms with Gasteiger partial charge in [0, 0.05) is 16.9 Å². The van der Waals surface area contributed by atoms with Crippen LogP contribution in [0.15, 0.2) is 36.2 Å². The van der Waals surface area contributed by atoms with Crippen molar-refractivity contribution in [3.63, 3.8) is 0 Å². The average Bonchev–Trinajstić information content (AvgIpc) is 2.67. The standard InChI is InChI=1S/C23H27F3/c1-3-5-16-8-12-19-18(14-16)11-13-20(22(19)25)23(26)21(24)17-9-6-15(4-2)7-10-17/h8,11-15,17H,3-7,9-10H2,1-2H3. The molecule has 3 rings (SSSR count). The summed E-state index contributed by atoms with van der Waals surface area (Å²) in [6.07, 6.45) is 6.14. The first-order valence-electron chi connectivity index (χ1n) is 9.81. The summed E-state index contributed by atoms with van der Waals surface area (Å²) in [5, 5.41) is 1.08. The van der Waals surface area contributed by atoms with Crippen LogP contribution >= 0.6 is 0 Å². The van der Waals surface area contributed by atoms with Gasteiger partial charge in [-0.15, -0.1) is 0 Å². The lowest BCUT2D eigenvalue weighted by atomic mass is 9.80. The molecule has 0 aromatic heterocycles. The summed E-state index contributed by atoms with van der Waals surface area (Å²) in [6, 6.07) is 8.53. The maximum Gasteiger partial charge on any atom is 0.165 e. The molecule has 1 aliphatic carbocycles. The van der Waals surface area contributed by atoms with Crippen molar-refractivity contribution in [2.75, 3.05) is 0 Å². The van der Waals surface area contributed by atoms with Gasteiger partial charge < -0.3 is 0 Å². The molecular formula is C23H27F3. The number of aryl methyl sites for hydroxylation is 1. The molecule has 0 unspecified atom stereocenters. The van der Waals surface area contributed by atoms with Crippen molar-refractivity contribution in [1.29, 1.82) is 0 Å². The number of benzene rings is 2. The van der Waals surface area contributed by atoms with Crippen LogP contribution in [0.5, 0.6) is 0 Å². The first kappa shape index (κ1) is 19.0. The Hall–Kier alpha value is -1.77. The molecule has 26 heavy (non-hydrogen) atoms. The molecule has 0 heterocycles. The highest BCUT2D eigenvalue weighted by molar-refractivity contribution is 5.87. The second kappa shape index (κ2) is 8.28. The van der Waals surface area contributed by atoms with Gasteiger partial charge in [0.15, 0.2) is 5.83 Å². The third kappa shape index (κ3) is 3.82. The average molecular weight is 360 g/mol. The molecule has 0 saturated heterocycles. The lowest BCUT2D eigenvalue weighted by Crippen LogP contribution is -2.15. The predicted molar refractivity (Wildman–Crippen MR) is 103 cm³/mol. The minimum Gasteiger partial charge on any atom is -0.208 e. The summed E-state index contributed by atoms with van der Waals surface area (Å²) in [6.45, 7) is 4.22. The monoisotopic (exact) mass is 360 g/mol. The van der Waals surface area contributed by atoms with Crippen molar-refractivity contribution < 1.29 is 13.2 Å². The van der Waals surface area contributed by atoms with E-state index in [1.54, 1.807) is 12.1 Å². The van der Waals surface area contributed by atoms with Crippen LogP contribution in [-0.4, -0.2) is 0 Å². The molecule has 1 fully saturated rings. The van der Waals surface area contributed by atoms with Crippen LogP contribution in [0, 0.1) is 17.7 Å². The highest BCUT2D eigenvalue weighted by atomic mass is 19.2. The van der Waals surface area contributed by atoms with Gasteiger partial charge >= 0.3 is 0 Å². The van der Waals surface area contributed by atoms with Crippen molar-refractivity contribution in [2.24, 2.45) is 11.8 Å². The molecule has 0 N–H and O–H groups in total. The van der Waals surface area contributed by atoms with E-state index in [1.165, 1.54) is 6.07 Å². The van der Waals surface area contributed by atoms with Crippen molar-refractivity contribution in [1.82, 2.24) is 0 Å². The summed E-state index contributed by atoms with van der Waals surface area (Å²) < 4.78 is 44.3. The first-order chi connectivity index (χ1) is 12.5. The Kier molecular flexibility index (Phi) is 6.05. The second-order valence-corrected chi connectivity index (χ2v) is 7.52. The molecule has 1 aliphatic rings. The Morgan fingerprint density at radius 3 is 2.38 bits per heavy atom. The van der Waals surface area contributed by atoms with Crippen LogP contribution < -0.4 is 0 Å². The van der Waals surface area contributed by atoms with Gasteiger partial charge in [-0.2, -0.15) is 0 Å². The molecule has 0 aliphatic heterocycles. The zero-order valence-corrected chi connectivity index (χ0v) is 15.6. The normalized spacial score (nSPS) is 21.7. The van der Waals surface area contributed by atoms with Gasteiger partial charge in [0.1, 0.15) is 11.6 Å². The molecule has 3 heteroatoms. The molecule has 2 aromatic rings. The lowest BCUT2D eigenvalue weighted by Gasteiger charge is -2.27. The number of halogens is 3. The maximum absolute atomic E-state index is 14.8. The molecule has 0 bridgehead atoms. The van der Waals surface area contributed by atoms with E-state index in [4.69, 9.17) is 0 Å². The first-order valence-corrected chi connectivity index (χ1v) is 9.81. The number of fused-ring (bicyclic) bond motifs is 1. The van der Waals surface area contributed by atoms with Gasteiger partial charge in [-0.05, 0) is 55.0 Å². The fourth-order valence-electron chi connectivity index (χ4n) is 4.09. The lowest BCUT2D eigenvalue weighted by molar-refractivity contribution is 0.268. The Bertz CT molecular complexity index is 798. The van der Waals surface area contributed by atoms with Crippen molar-refractivity contribution >= 4 is 16.6 Å². The van der Waals surface area contributed by atoms with E-state index in [9.17, 15) is 13.2 Å². The van der Waals surface area contributed by atoms with E-state index in [0.717, 1.165) is 43.1 Å². The van der Waals surface area contributed by atoms with Gasteiger partial charge in [-0.3, -0.25) is 0 Å². The fourth-order valence-corrected chi connectivity index (χ4v) is 4.09. The minimum absolute atomic E-state index is 0.254. The van der Waals surface area contributed by atoms with Crippen LogP contribution in [0.1, 0.15) is 63.5 Å². The number of hydrogen-bond acceptors (Lipinski definition) is 0. The van der Waals surface area contributed by atoms with Gasteiger partial charge in [0.2, 0.25) is 0 Å². The van der Waals surface area contributed by atoms with Crippen LogP contribution in [0.4, 0.5) is 13.2 Å². The molecular weight excluding hydrogens is 333 g/mol. The summed E-state index contributed by atoms with van der Waals surface area (Å²) in [7, 11) is 0. The molecule has 2 aromatic carbocycles. The van der Waals surface area contributed by atoms with E-state index < -0.39 is 23.4 Å². The highest BCUT2D eigenvalue weighted by Gasteiger charge is 2.27. The SMILES string of the molecule is CCCc1ccc2c(F)c(C(F)=C(F)C3CCC(CC)CC3)ccc2c1.